The van der Waals surface area contributed by atoms with E-state index in [2.05, 4.69) is 38.3 Å². The maximum absolute atomic E-state index is 11.5. The van der Waals surface area contributed by atoms with Crippen molar-refractivity contribution in [3.8, 4) is 0 Å². The minimum Gasteiger partial charge on any atom is -0.289 e. The van der Waals surface area contributed by atoms with E-state index in [1.807, 2.05) is 14.1 Å². The lowest BCUT2D eigenvalue weighted by molar-refractivity contribution is -0.124. The Morgan fingerprint density at radius 3 is 2.33 bits per heavy atom. The molecule has 1 aromatic rings. The van der Waals surface area contributed by atoms with Gasteiger partial charge in [0.25, 0.3) is 0 Å². The molecular weight excluding hydrogens is 224 g/mol. The lowest BCUT2D eigenvalue weighted by Crippen LogP contribution is -2.35. The van der Waals surface area contributed by atoms with Crippen molar-refractivity contribution in [1.29, 1.82) is 0 Å². The minimum atomic E-state index is 0.0847. The van der Waals surface area contributed by atoms with E-state index in [1.165, 1.54) is 22.3 Å². The standard InChI is InChI=1S/C15H24N2O/c1-11-9-13(3)14(10-12(11)2)7-6-8-15(18)16-17(4)5/h9-10H,6-8H2,1-5H3,(H,16,18). The number of benzene rings is 1. The highest BCUT2D eigenvalue weighted by molar-refractivity contribution is 5.75. The summed E-state index contributed by atoms with van der Waals surface area (Å²) >= 11 is 0. The highest BCUT2D eigenvalue weighted by Crippen LogP contribution is 2.17. The van der Waals surface area contributed by atoms with Crippen LogP contribution in [0.4, 0.5) is 0 Å². The van der Waals surface area contributed by atoms with E-state index >= 15 is 0 Å². The average Bonchev–Trinajstić information content (AvgIpc) is 2.24. The highest BCUT2D eigenvalue weighted by atomic mass is 16.2. The smallest absolute Gasteiger partial charge is 0.234 e. The molecule has 0 saturated carbocycles. The molecule has 0 heterocycles. The van der Waals surface area contributed by atoms with Crippen molar-refractivity contribution >= 4 is 5.91 Å². The summed E-state index contributed by atoms with van der Waals surface area (Å²) in [6, 6.07) is 4.47. The molecule has 18 heavy (non-hydrogen) atoms. The zero-order valence-corrected chi connectivity index (χ0v) is 12.1. The lowest BCUT2D eigenvalue weighted by atomic mass is 9.97. The number of carbonyl (C=O) groups is 1. The van der Waals surface area contributed by atoms with Crippen LogP contribution in [0.2, 0.25) is 0 Å². The van der Waals surface area contributed by atoms with Crippen molar-refractivity contribution in [2.45, 2.75) is 40.0 Å². The van der Waals surface area contributed by atoms with Gasteiger partial charge in [-0.2, -0.15) is 0 Å². The van der Waals surface area contributed by atoms with Crippen molar-refractivity contribution in [1.82, 2.24) is 10.4 Å². The molecule has 100 valence electrons. The maximum Gasteiger partial charge on any atom is 0.234 e. The van der Waals surface area contributed by atoms with Crippen molar-refractivity contribution in [2.24, 2.45) is 0 Å². The van der Waals surface area contributed by atoms with Gasteiger partial charge < -0.3 is 0 Å². The molecule has 0 unspecified atom stereocenters. The molecule has 0 bridgehead atoms. The molecule has 1 aromatic carbocycles. The SMILES string of the molecule is Cc1cc(C)c(CCCC(=O)NN(C)C)cc1C. The van der Waals surface area contributed by atoms with Gasteiger partial charge in [-0.1, -0.05) is 12.1 Å². The molecule has 0 atom stereocenters. The number of amides is 1. The van der Waals surface area contributed by atoms with Crippen LogP contribution in [0.3, 0.4) is 0 Å². The topological polar surface area (TPSA) is 32.3 Å². The molecule has 0 fully saturated rings. The molecular formula is C15H24N2O. The molecule has 3 heteroatoms. The van der Waals surface area contributed by atoms with Crippen LogP contribution in [0.5, 0.6) is 0 Å². The fourth-order valence-electron chi connectivity index (χ4n) is 2.03. The monoisotopic (exact) mass is 248 g/mol. The zero-order chi connectivity index (χ0) is 13.7. The first-order chi connectivity index (χ1) is 8.40. The number of nitrogens with one attached hydrogen (secondary N) is 1. The van der Waals surface area contributed by atoms with Gasteiger partial charge in [-0.3, -0.25) is 10.2 Å². The van der Waals surface area contributed by atoms with Gasteiger partial charge in [-0.05, 0) is 55.9 Å². The Bertz CT molecular complexity index is 425. The Balaban J connectivity index is 2.49. The summed E-state index contributed by atoms with van der Waals surface area (Å²) in [4.78, 5) is 11.5. The second kappa shape index (κ2) is 6.55. The number of nitrogens with zero attached hydrogens (tertiary/aromatic N) is 1. The molecule has 0 radical (unpaired) electrons. The number of hydrogen-bond acceptors (Lipinski definition) is 2. The van der Waals surface area contributed by atoms with Crippen LogP contribution in [-0.4, -0.2) is 25.0 Å². The van der Waals surface area contributed by atoms with Crippen molar-refractivity contribution in [3.63, 3.8) is 0 Å². The first kappa shape index (κ1) is 14.7. The fourth-order valence-corrected chi connectivity index (χ4v) is 2.03. The summed E-state index contributed by atoms with van der Waals surface area (Å²) in [6.07, 6.45) is 2.43. The molecule has 0 spiro atoms. The molecule has 0 aromatic heterocycles. The fraction of sp³-hybridized carbons (Fsp3) is 0.533. The van der Waals surface area contributed by atoms with Crippen molar-refractivity contribution in [3.05, 3.63) is 34.4 Å². The number of hydrogen-bond donors (Lipinski definition) is 1. The summed E-state index contributed by atoms with van der Waals surface area (Å²) in [7, 11) is 3.65. The van der Waals surface area contributed by atoms with Crippen LogP contribution in [0.15, 0.2) is 12.1 Å². The maximum atomic E-state index is 11.5. The number of carbonyl (C=O) groups excluding carboxylic acids is 1. The first-order valence-electron chi connectivity index (χ1n) is 6.43. The Morgan fingerprint density at radius 2 is 1.72 bits per heavy atom. The molecule has 0 aliphatic heterocycles. The van der Waals surface area contributed by atoms with E-state index in [0.29, 0.717) is 6.42 Å². The van der Waals surface area contributed by atoms with E-state index in [-0.39, 0.29) is 5.91 Å². The predicted octanol–water partition coefficient (Wildman–Crippen LogP) is 2.53. The van der Waals surface area contributed by atoms with Gasteiger partial charge in [0.2, 0.25) is 5.91 Å². The Kier molecular flexibility index (Phi) is 5.35. The average molecular weight is 248 g/mol. The summed E-state index contributed by atoms with van der Waals surface area (Å²) in [5.74, 6) is 0.0847. The van der Waals surface area contributed by atoms with E-state index < -0.39 is 0 Å². The summed E-state index contributed by atoms with van der Waals surface area (Å²) in [5, 5.41) is 1.68. The largest absolute Gasteiger partial charge is 0.289 e. The van der Waals surface area contributed by atoms with E-state index in [0.717, 1.165) is 12.8 Å². The molecule has 1 rings (SSSR count). The van der Waals surface area contributed by atoms with Crippen LogP contribution in [0, 0.1) is 20.8 Å². The predicted molar refractivity (Wildman–Crippen MR) is 75.4 cm³/mol. The van der Waals surface area contributed by atoms with E-state index in [1.54, 1.807) is 5.01 Å². The van der Waals surface area contributed by atoms with Gasteiger partial charge in [0.15, 0.2) is 0 Å². The van der Waals surface area contributed by atoms with Gasteiger partial charge in [-0.15, -0.1) is 0 Å². The van der Waals surface area contributed by atoms with Crippen molar-refractivity contribution < 1.29 is 4.79 Å². The Labute approximate surface area is 110 Å². The Morgan fingerprint density at radius 1 is 1.11 bits per heavy atom. The third-order valence-electron chi connectivity index (χ3n) is 3.15. The van der Waals surface area contributed by atoms with Crippen LogP contribution >= 0.6 is 0 Å². The van der Waals surface area contributed by atoms with Gasteiger partial charge in [0, 0.05) is 20.5 Å². The molecule has 1 amide bonds. The third kappa shape index (κ3) is 4.49. The lowest BCUT2D eigenvalue weighted by Gasteiger charge is -2.12. The number of rotatable bonds is 5. The molecule has 0 aliphatic carbocycles. The minimum absolute atomic E-state index is 0.0847. The number of aryl methyl sites for hydroxylation is 4. The highest BCUT2D eigenvalue weighted by Gasteiger charge is 2.05. The van der Waals surface area contributed by atoms with Crippen LogP contribution in [0.1, 0.15) is 35.1 Å². The third-order valence-corrected chi connectivity index (χ3v) is 3.15. The summed E-state index contributed by atoms with van der Waals surface area (Å²) < 4.78 is 0. The zero-order valence-electron chi connectivity index (χ0n) is 12.1. The van der Waals surface area contributed by atoms with Gasteiger partial charge in [0.1, 0.15) is 0 Å². The van der Waals surface area contributed by atoms with Crippen molar-refractivity contribution in [2.75, 3.05) is 14.1 Å². The number of hydrazine groups is 1. The van der Waals surface area contributed by atoms with E-state index in [9.17, 15) is 4.79 Å². The Hall–Kier alpha value is -1.35. The second-order valence-corrected chi connectivity index (χ2v) is 5.15. The van der Waals surface area contributed by atoms with Gasteiger partial charge >= 0.3 is 0 Å². The van der Waals surface area contributed by atoms with Crippen LogP contribution in [0.25, 0.3) is 0 Å². The second-order valence-electron chi connectivity index (χ2n) is 5.15. The molecule has 0 saturated heterocycles. The summed E-state index contributed by atoms with van der Waals surface area (Å²) in [6.45, 7) is 6.41. The first-order valence-corrected chi connectivity index (χ1v) is 6.43. The van der Waals surface area contributed by atoms with E-state index in [4.69, 9.17) is 0 Å². The van der Waals surface area contributed by atoms with Crippen LogP contribution < -0.4 is 5.43 Å². The normalized spacial score (nSPS) is 10.8. The molecule has 3 nitrogen and oxygen atoms in total. The molecule has 0 aliphatic rings. The quantitative estimate of drug-likeness (QED) is 0.812. The summed E-state index contributed by atoms with van der Waals surface area (Å²) in [5.41, 5.74) is 8.10. The molecule has 1 N–H and O–H groups in total. The van der Waals surface area contributed by atoms with Gasteiger partial charge in [-0.25, -0.2) is 5.01 Å². The van der Waals surface area contributed by atoms with Gasteiger partial charge in [0.05, 0.1) is 0 Å². The van der Waals surface area contributed by atoms with Crippen LogP contribution in [-0.2, 0) is 11.2 Å².